The van der Waals surface area contributed by atoms with Gasteiger partial charge in [0.25, 0.3) is 0 Å². The van der Waals surface area contributed by atoms with E-state index in [0.717, 1.165) is 137 Å². The number of nitrogens with zero attached hydrogens (tertiary/aromatic N) is 4. The Balaban J connectivity index is 1.69. The van der Waals surface area contributed by atoms with Crippen LogP contribution in [0.3, 0.4) is 0 Å². The normalized spacial score (nSPS) is 11.1. The van der Waals surface area contributed by atoms with E-state index >= 15 is 9.59 Å². The van der Waals surface area contributed by atoms with Crippen molar-refractivity contribution < 1.29 is 9.59 Å². The van der Waals surface area contributed by atoms with Gasteiger partial charge in [-0.15, -0.1) is 0 Å². The monoisotopic (exact) mass is 991 g/mol. The lowest BCUT2D eigenvalue weighted by Crippen LogP contribution is -2.31. The molecule has 390 valence electrons. The lowest BCUT2D eigenvalue weighted by Gasteiger charge is -2.27. The van der Waals surface area contributed by atoms with Crippen LogP contribution in [0.1, 0.15) is 150 Å². The van der Waals surface area contributed by atoms with Crippen molar-refractivity contribution in [2.24, 2.45) is 11.8 Å². The molecule has 6 nitrogen and oxygen atoms in total. The molecular formula is C68H86N4O2. The third kappa shape index (κ3) is 15.2. The summed E-state index contributed by atoms with van der Waals surface area (Å²) in [7, 11) is 0. The maximum atomic E-state index is 15.6. The highest BCUT2D eigenvalue weighted by Crippen LogP contribution is 2.37. The highest BCUT2D eigenvalue weighted by Gasteiger charge is 2.35. The van der Waals surface area contributed by atoms with E-state index in [1.54, 1.807) is 0 Å². The second kappa shape index (κ2) is 29.9. The fourth-order valence-electron chi connectivity index (χ4n) is 10.4. The van der Waals surface area contributed by atoms with Crippen molar-refractivity contribution in [3.05, 3.63) is 203 Å². The van der Waals surface area contributed by atoms with Gasteiger partial charge in [-0.3, -0.25) is 9.59 Å². The van der Waals surface area contributed by atoms with Crippen LogP contribution < -0.4 is 19.6 Å². The van der Waals surface area contributed by atoms with Crippen LogP contribution in [0.5, 0.6) is 0 Å². The zero-order valence-electron chi connectivity index (χ0n) is 46.2. The largest absolute Gasteiger partial charge is 0.372 e. The van der Waals surface area contributed by atoms with Gasteiger partial charge in [0.1, 0.15) is 0 Å². The Hall–Kier alpha value is -6.66. The fraction of sp³-hybridized carbons (Fsp3) is 0.382. The van der Waals surface area contributed by atoms with Crippen LogP contribution in [-0.2, 0) is 0 Å². The number of carbonyl (C=O) groups excluding carboxylic acids is 2. The minimum atomic E-state index is -1.09. The standard InChI is InChI=1S/C68H86N4O2/c1-9-43-69(44-10-2)60-35-27-53(28-36-60)64(54-29-37-61(38-30-54)70(45-11-3)46-12-4)51-59(66(67(73)57-23-19-17-20-24-57)68(74)58-25-21-18-22-26-58)52-65(55-31-39-62(40-32-55)71(47-13-5)48-14-6)56-33-41-63(42-34-56)72(49-15-7)50-16-8/h17-42,51-52,59,66H,9-16,43-50H2,1-8H3. The first-order valence-corrected chi connectivity index (χ1v) is 28.3. The van der Waals surface area contributed by atoms with Crippen molar-refractivity contribution in [1.29, 1.82) is 0 Å². The molecule has 6 rings (SSSR count). The van der Waals surface area contributed by atoms with Crippen molar-refractivity contribution in [3.63, 3.8) is 0 Å². The molecule has 0 radical (unpaired) electrons. The average Bonchev–Trinajstić information content (AvgIpc) is 3.44. The molecule has 6 aromatic carbocycles. The summed E-state index contributed by atoms with van der Waals surface area (Å²) in [4.78, 5) is 41.0. The maximum absolute atomic E-state index is 15.6. The van der Waals surface area contributed by atoms with Crippen LogP contribution in [0.15, 0.2) is 170 Å². The van der Waals surface area contributed by atoms with Gasteiger partial charge in [-0.2, -0.15) is 0 Å². The van der Waals surface area contributed by atoms with Gasteiger partial charge in [0.05, 0.1) is 5.92 Å². The molecule has 0 saturated heterocycles. The Bertz CT molecular complexity index is 2310. The third-order valence-corrected chi connectivity index (χ3v) is 13.9. The predicted octanol–water partition coefficient (Wildman–Crippen LogP) is 16.8. The van der Waals surface area contributed by atoms with Crippen molar-refractivity contribution >= 4 is 45.5 Å². The first-order chi connectivity index (χ1) is 36.2. The van der Waals surface area contributed by atoms with E-state index in [1.807, 2.05) is 60.7 Å². The molecule has 0 saturated carbocycles. The van der Waals surface area contributed by atoms with Crippen LogP contribution in [-0.4, -0.2) is 63.9 Å². The first kappa shape index (κ1) is 56.6. The molecule has 0 aliphatic carbocycles. The van der Waals surface area contributed by atoms with Crippen molar-refractivity contribution in [3.8, 4) is 0 Å². The zero-order valence-corrected chi connectivity index (χ0v) is 46.2. The number of hydrogen-bond donors (Lipinski definition) is 0. The second-order valence-electron chi connectivity index (χ2n) is 19.8. The van der Waals surface area contributed by atoms with Gasteiger partial charge in [0.15, 0.2) is 11.6 Å². The molecule has 74 heavy (non-hydrogen) atoms. The van der Waals surface area contributed by atoms with Gasteiger partial charge in [0, 0.05) is 92.2 Å². The molecule has 6 aromatic rings. The number of allylic oxidation sites excluding steroid dienone is 2. The summed E-state index contributed by atoms with van der Waals surface area (Å²) >= 11 is 0. The van der Waals surface area contributed by atoms with E-state index in [9.17, 15) is 0 Å². The van der Waals surface area contributed by atoms with Crippen LogP contribution in [0, 0.1) is 11.8 Å². The SMILES string of the molecule is CCCN(CCC)c1ccc(C(=CC(C=C(c2ccc(N(CCC)CCC)cc2)c2ccc(N(CCC)CCC)cc2)C(C(=O)c2ccccc2)C(=O)c2ccccc2)c2ccc(N(CCC)CCC)cc2)cc1. The van der Waals surface area contributed by atoms with E-state index < -0.39 is 11.8 Å². The van der Waals surface area contributed by atoms with Crippen LogP contribution >= 0.6 is 0 Å². The summed E-state index contributed by atoms with van der Waals surface area (Å²) in [5.41, 5.74) is 11.8. The number of benzene rings is 6. The summed E-state index contributed by atoms with van der Waals surface area (Å²) in [5, 5.41) is 0. The van der Waals surface area contributed by atoms with E-state index in [2.05, 4.69) is 184 Å². The molecule has 0 amide bonds. The molecule has 0 bridgehead atoms. The summed E-state index contributed by atoms with van der Waals surface area (Å²) in [6.45, 7) is 25.7. The Morgan fingerprint density at radius 3 is 0.730 bits per heavy atom. The highest BCUT2D eigenvalue weighted by atomic mass is 16.2. The zero-order chi connectivity index (χ0) is 52.7. The summed E-state index contributed by atoms with van der Waals surface area (Å²) < 4.78 is 0. The van der Waals surface area contributed by atoms with Gasteiger partial charge in [-0.05, 0) is 133 Å². The maximum Gasteiger partial charge on any atom is 0.174 e. The summed E-state index contributed by atoms with van der Waals surface area (Å²) in [6, 6.07) is 54.6. The van der Waals surface area contributed by atoms with E-state index in [4.69, 9.17) is 0 Å². The van der Waals surface area contributed by atoms with Gasteiger partial charge in [0.2, 0.25) is 0 Å². The lowest BCUT2D eigenvalue weighted by molar-refractivity contribution is 0.0786. The quantitative estimate of drug-likeness (QED) is 0.0319. The first-order valence-electron chi connectivity index (χ1n) is 28.3. The number of rotatable bonds is 31. The van der Waals surface area contributed by atoms with E-state index in [0.29, 0.717) is 11.1 Å². The average molecular weight is 991 g/mol. The third-order valence-electron chi connectivity index (χ3n) is 13.9. The van der Waals surface area contributed by atoms with Crippen molar-refractivity contribution in [1.82, 2.24) is 0 Å². The van der Waals surface area contributed by atoms with Gasteiger partial charge in [-0.25, -0.2) is 0 Å². The lowest BCUT2D eigenvalue weighted by atomic mass is 9.76. The number of hydrogen-bond acceptors (Lipinski definition) is 6. The Labute approximate surface area is 446 Å². The topological polar surface area (TPSA) is 47.1 Å². The summed E-state index contributed by atoms with van der Waals surface area (Å²) in [5.74, 6) is -2.20. The predicted molar refractivity (Wildman–Crippen MR) is 320 cm³/mol. The number of carbonyl (C=O) groups is 2. The van der Waals surface area contributed by atoms with Crippen LogP contribution in [0.4, 0.5) is 22.7 Å². The second-order valence-corrected chi connectivity index (χ2v) is 19.8. The minimum Gasteiger partial charge on any atom is -0.372 e. The molecule has 0 aromatic heterocycles. The van der Waals surface area contributed by atoms with Gasteiger partial charge < -0.3 is 19.6 Å². The molecule has 0 aliphatic rings. The Morgan fingerprint density at radius 1 is 0.311 bits per heavy atom. The van der Waals surface area contributed by atoms with Crippen molar-refractivity contribution in [2.75, 3.05) is 72.0 Å². The molecule has 0 fully saturated rings. The molecule has 0 atom stereocenters. The number of ketones is 2. The fourth-order valence-corrected chi connectivity index (χ4v) is 10.4. The van der Waals surface area contributed by atoms with Crippen LogP contribution in [0.25, 0.3) is 11.1 Å². The smallest absolute Gasteiger partial charge is 0.174 e. The molecule has 6 heteroatoms. The molecule has 0 aliphatic heterocycles. The number of anilines is 4. The van der Waals surface area contributed by atoms with Gasteiger partial charge >= 0.3 is 0 Å². The number of Topliss-reactive ketones (excluding diaryl/α,β-unsaturated/α-hetero) is 2. The molecule has 0 N–H and O–H groups in total. The Morgan fingerprint density at radius 2 is 0.527 bits per heavy atom. The minimum absolute atomic E-state index is 0.207. The van der Waals surface area contributed by atoms with Crippen molar-refractivity contribution in [2.45, 2.75) is 107 Å². The molecule has 0 heterocycles. The molecular weight excluding hydrogens is 905 g/mol. The van der Waals surface area contributed by atoms with Crippen LogP contribution in [0.2, 0.25) is 0 Å². The summed E-state index contributed by atoms with van der Waals surface area (Å²) in [6.07, 6.45) is 13.0. The van der Waals surface area contributed by atoms with Gasteiger partial charge in [-0.1, -0.05) is 177 Å². The molecule has 0 unspecified atom stereocenters. The highest BCUT2D eigenvalue weighted by molar-refractivity contribution is 6.17. The van der Waals surface area contributed by atoms with E-state index in [-0.39, 0.29) is 11.6 Å². The Kier molecular flexibility index (Phi) is 22.9. The van der Waals surface area contributed by atoms with E-state index in [1.165, 1.54) is 22.7 Å². The molecule has 0 spiro atoms.